The number of ether oxygens (including phenoxy) is 1. The molecule has 0 atom stereocenters. The summed E-state index contributed by atoms with van der Waals surface area (Å²) < 4.78 is 12.5. The molecule has 2 heterocycles. The summed E-state index contributed by atoms with van der Waals surface area (Å²) in [5.74, 6) is 0.298. The number of nitro groups is 1. The number of amides is 1. The molecule has 0 aliphatic heterocycles. The van der Waals surface area contributed by atoms with Crippen molar-refractivity contribution < 1.29 is 18.9 Å². The molecule has 0 aliphatic rings. The van der Waals surface area contributed by atoms with Crippen LogP contribution in [0.25, 0.3) is 0 Å². The average molecular weight is 488 g/mol. The van der Waals surface area contributed by atoms with Crippen LogP contribution < -0.4 is 10.1 Å². The lowest BCUT2D eigenvalue weighted by molar-refractivity contribution is -0.386. The highest BCUT2D eigenvalue weighted by atomic mass is 35.5. The first kappa shape index (κ1) is 22.9. The number of aryl methyl sites for hydroxylation is 1. The van der Waals surface area contributed by atoms with Gasteiger partial charge < -0.3 is 14.5 Å². The summed E-state index contributed by atoms with van der Waals surface area (Å²) >= 11 is 18.0. The van der Waals surface area contributed by atoms with E-state index in [-0.39, 0.29) is 46.9 Å². The van der Waals surface area contributed by atoms with Crippen LogP contribution in [0.1, 0.15) is 27.7 Å². The first-order valence-corrected chi connectivity index (χ1v) is 10.1. The minimum absolute atomic E-state index is 0.00375. The van der Waals surface area contributed by atoms with Gasteiger partial charge in [-0.3, -0.25) is 19.6 Å². The van der Waals surface area contributed by atoms with Crippen molar-refractivity contribution in [2.24, 2.45) is 0 Å². The second kappa shape index (κ2) is 9.59. The topological polar surface area (TPSA) is 112 Å². The summed E-state index contributed by atoms with van der Waals surface area (Å²) in [4.78, 5) is 22.9. The van der Waals surface area contributed by atoms with E-state index in [1.54, 1.807) is 19.9 Å². The second-order valence-electron chi connectivity index (χ2n) is 6.51. The van der Waals surface area contributed by atoms with Gasteiger partial charge in [0.1, 0.15) is 23.8 Å². The van der Waals surface area contributed by atoms with Gasteiger partial charge in [0.25, 0.3) is 5.91 Å². The Labute approximate surface area is 192 Å². The summed E-state index contributed by atoms with van der Waals surface area (Å²) in [6.07, 6.45) is 0. The molecular weight excluding hydrogens is 471 g/mol. The van der Waals surface area contributed by atoms with E-state index in [0.29, 0.717) is 22.2 Å². The van der Waals surface area contributed by atoms with Crippen molar-refractivity contribution in [2.45, 2.75) is 27.0 Å². The van der Waals surface area contributed by atoms with Crippen LogP contribution in [0.5, 0.6) is 5.75 Å². The van der Waals surface area contributed by atoms with Crippen molar-refractivity contribution in [3.8, 4) is 5.75 Å². The highest BCUT2D eigenvalue weighted by Gasteiger charge is 2.21. The normalized spacial score (nSPS) is 10.9. The second-order valence-corrected chi connectivity index (χ2v) is 7.76. The Morgan fingerprint density at radius 1 is 1.26 bits per heavy atom. The molecule has 9 nitrogen and oxygen atoms in total. The molecule has 1 N–H and O–H groups in total. The molecule has 0 radical (unpaired) electrons. The molecule has 31 heavy (non-hydrogen) atoms. The lowest BCUT2D eigenvalue weighted by Crippen LogP contribution is -2.27. The highest BCUT2D eigenvalue weighted by Crippen LogP contribution is 2.36. The van der Waals surface area contributed by atoms with E-state index >= 15 is 0 Å². The number of hydrogen-bond acceptors (Lipinski definition) is 6. The fraction of sp³-hybridized carbons (Fsp3) is 0.263. The molecular formula is C19H17Cl3N4O5. The van der Waals surface area contributed by atoms with Crippen LogP contribution in [0, 0.1) is 24.0 Å². The number of carbonyl (C=O) groups excluding carboxylic acids is 1. The summed E-state index contributed by atoms with van der Waals surface area (Å²) in [5, 5.41) is 18.8. The molecule has 3 rings (SSSR count). The van der Waals surface area contributed by atoms with Crippen LogP contribution >= 0.6 is 34.8 Å². The zero-order valence-electron chi connectivity index (χ0n) is 16.4. The summed E-state index contributed by atoms with van der Waals surface area (Å²) in [7, 11) is 0. The van der Waals surface area contributed by atoms with Crippen molar-refractivity contribution in [1.82, 2.24) is 15.1 Å². The van der Waals surface area contributed by atoms with E-state index in [1.165, 1.54) is 22.9 Å². The number of aromatic nitrogens is 2. The fourth-order valence-corrected chi connectivity index (χ4v) is 3.85. The molecule has 0 unspecified atom stereocenters. The summed E-state index contributed by atoms with van der Waals surface area (Å²) in [6, 6.07) is 6.11. The third-order valence-corrected chi connectivity index (χ3v) is 5.12. The molecule has 0 fully saturated rings. The minimum atomic E-state index is -0.469. The molecule has 0 aliphatic carbocycles. The molecule has 3 aromatic rings. The van der Waals surface area contributed by atoms with E-state index in [4.69, 9.17) is 44.0 Å². The molecule has 164 valence electrons. The lowest BCUT2D eigenvalue weighted by atomic mass is 10.3. The zero-order chi connectivity index (χ0) is 22.7. The van der Waals surface area contributed by atoms with Gasteiger partial charge in [0.05, 0.1) is 21.5 Å². The Bertz CT molecular complexity index is 1120. The maximum atomic E-state index is 12.3. The predicted molar refractivity (Wildman–Crippen MR) is 115 cm³/mol. The maximum Gasteiger partial charge on any atom is 0.312 e. The Kier molecular flexibility index (Phi) is 7.09. The Hall–Kier alpha value is -2.75. The molecule has 0 saturated carbocycles. The van der Waals surface area contributed by atoms with Crippen LogP contribution in [0.2, 0.25) is 15.1 Å². The van der Waals surface area contributed by atoms with Gasteiger partial charge in [0.15, 0.2) is 11.5 Å². The number of carbonyl (C=O) groups is 1. The molecule has 12 heteroatoms. The van der Waals surface area contributed by atoms with E-state index < -0.39 is 10.8 Å². The first-order valence-electron chi connectivity index (χ1n) is 9.00. The zero-order valence-corrected chi connectivity index (χ0v) is 18.7. The van der Waals surface area contributed by atoms with Crippen molar-refractivity contribution in [3.63, 3.8) is 0 Å². The summed E-state index contributed by atoms with van der Waals surface area (Å²) in [5.41, 5.74) is 0.724. The van der Waals surface area contributed by atoms with Gasteiger partial charge in [-0.1, -0.05) is 34.8 Å². The number of benzene rings is 1. The fourth-order valence-electron chi connectivity index (χ4n) is 2.92. The standard InChI is InChI=1S/C19H17Cl3N4O5/c1-10-17(26(28)29)11(2)25(24-10)6-5-23-19(27)16-4-3-13(31-16)9-30-18-14(21)7-12(20)8-15(18)22/h3-4,7-8H,5-6,9H2,1-2H3,(H,23,27). The smallest absolute Gasteiger partial charge is 0.312 e. The molecule has 1 amide bonds. The van der Waals surface area contributed by atoms with Crippen LogP contribution in [0.4, 0.5) is 5.69 Å². The Morgan fingerprint density at radius 3 is 2.55 bits per heavy atom. The largest absolute Gasteiger partial charge is 0.483 e. The average Bonchev–Trinajstić information content (AvgIpc) is 3.25. The molecule has 1 aromatic carbocycles. The molecule has 0 bridgehead atoms. The first-order chi connectivity index (χ1) is 14.7. The van der Waals surface area contributed by atoms with Gasteiger partial charge in [0.2, 0.25) is 0 Å². The van der Waals surface area contributed by atoms with Gasteiger partial charge >= 0.3 is 5.69 Å². The van der Waals surface area contributed by atoms with Crippen molar-refractivity contribution in [3.05, 3.63) is 72.4 Å². The number of hydrogen-bond donors (Lipinski definition) is 1. The van der Waals surface area contributed by atoms with E-state index in [1.807, 2.05) is 0 Å². The van der Waals surface area contributed by atoms with Gasteiger partial charge in [-0.05, 0) is 38.1 Å². The number of rotatable bonds is 8. The van der Waals surface area contributed by atoms with Crippen molar-refractivity contribution in [1.29, 1.82) is 0 Å². The molecule has 0 saturated heterocycles. The van der Waals surface area contributed by atoms with E-state index in [2.05, 4.69) is 10.4 Å². The third kappa shape index (κ3) is 5.30. The number of nitrogens with zero attached hydrogens (tertiary/aromatic N) is 3. The number of furan rings is 1. The number of halogens is 3. The van der Waals surface area contributed by atoms with E-state index in [0.717, 1.165) is 0 Å². The van der Waals surface area contributed by atoms with Crippen LogP contribution in [0.15, 0.2) is 28.7 Å². The Morgan fingerprint density at radius 2 is 1.94 bits per heavy atom. The van der Waals surface area contributed by atoms with Gasteiger partial charge in [-0.2, -0.15) is 5.10 Å². The SMILES string of the molecule is Cc1nn(CCNC(=O)c2ccc(COc3c(Cl)cc(Cl)cc3Cl)o2)c(C)c1[N+](=O)[O-]. The Balaban J connectivity index is 1.55. The molecule has 2 aromatic heterocycles. The van der Waals surface area contributed by atoms with Crippen LogP contribution in [-0.2, 0) is 13.2 Å². The van der Waals surface area contributed by atoms with Crippen molar-refractivity contribution >= 4 is 46.4 Å². The van der Waals surface area contributed by atoms with Gasteiger partial charge in [0, 0.05) is 11.6 Å². The summed E-state index contributed by atoms with van der Waals surface area (Å²) in [6.45, 7) is 3.66. The minimum Gasteiger partial charge on any atom is -0.483 e. The molecule has 0 spiro atoms. The van der Waals surface area contributed by atoms with Crippen LogP contribution in [0.3, 0.4) is 0 Å². The lowest BCUT2D eigenvalue weighted by Gasteiger charge is -2.09. The number of nitrogens with one attached hydrogen (secondary N) is 1. The monoisotopic (exact) mass is 486 g/mol. The van der Waals surface area contributed by atoms with Gasteiger partial charge in [-0.25, -0.2) is 0 Å². The van der Waals surface area contributed by atoms with E-state index in [9.17, 15) is 14.9 Å². The maximum absolute atomic E-state index is 12.3. The third-order valence-electron chi connectivity index (χ3n) is 4.34. The highest BCUT2D eigenvalue weighted by molar-refractivity contribution is 6.40. The van der Waals surface area contributed by atoms with Crippen LogP contribution in [-0.4, -0.2) is 27.2 Å². The van der Waals surface area contributed by atoms with Crippen molar-refractivity contribution in [2.75, 3.05) is 6.54 Å². The quantitative estimate of drug-likeness (QED) is 0.354. The van der Waals surface area contributed by atoms with Gasteiger partial charge in [-0.15, -0.1) is 0 Å². The predicted octanol–water partition coefficient (Wildman–Crippen LogP) is 4.97.